The minimum Gasteiger partial charge on any atom is -0.370 e. The number of thiophene rings is 1. The molecule has 0 bridgehead atoms. The van der Waals surface area contributed by atoms with Gasteiger partial charge < -0.3 is 41.5 Å². The summed E-state index contributed by atoms with van der Waals surface area (Å²) < 4.78 is 7.53. The van der Waals surface area contributed by atoms with Gasteiger partial charge in [-0.3, -0.25) is 43.1 Å². The Morgan fingerprint density at radius 1 is 0.829 bits per heavy atom. The lowest BCUT2D eigenvalue weighted by atomic mass is 9.85. The Labute approximate surface area is 450 Å². The van der Waals surface area contributed by atoms with E-state index in [9.17, 15) is 33.6 Å². The number of carbonyl (C=O) groups excluding carboxylic acids is 7. The number of rotatable bonds is 8. The van der Waals surface area contributed by atoms with Crippen molar-refractivity contribution in [1.29, 1.82) is 0 Å². The van der Waals surface area contributed by atoms with Gasteiger partial charge in [-0.25, -0.2) is 0 Å². The molecular formula is C55H64ClN11O8S. The van der Waals surface area contributed by atoms with Gasteiger partial charge in [0.05, 0.1) is 25.3 Å². The summed E-state index contributed by atoms with van der Waals surface area (Å²) in [5.41, 5.74) is 5.44. The van der Waals surface area contributed by atoms with Crippen molar-refractivity contribution in [1.82, 2.24) is 51.6 Å². The van der Waals surface area contributed by atoms with Crippen molar-refractivity contribution >= 4 is 70.0 Å². The minimum atomic E-state index is -1.33. The van der Waals surface area contributed by atoms with Gasteiger partial charge in [0, 0.05) is 53.1 Å². The summed E-state index contributed by atoms with van der Waals surface area (Å²) in [6.45, 7) is 10.1. The van der Waals surface area contributed by atoms with Crippen LogP contribution in [-0.2, 0) is 44.7 Å². The molecule has 6 N–H and O–H groups in total. The van der Waals surface area contributed by atoms with Crippen molar-refractivity contribution in [3.63, 3.8) is 0 Å². The average molecular weight is 1070 g/mol. The van der Waals surface area contributed by atoms with Gasteiger partial charge in [-0.2, -0.15) is 0 Å². The number of carbonyl (C=O) groups is 7. The maximum absolute atomic E-state index is 14.3. The Balaban J connectivity index is 1.00. The summed E-state index contributed by atoms with van der Waals surface area (Å²) in [5.74, 6) is -2.87. The van der Waals surface area contributed by atoms with Crippen LogP contribution in [0.1, 0.15) is 91.3 Å². The Morgan fingerprint density at radius 2 is 1.54 bits per heavy atom. The second kappa shape index (κ2) is 24.1. The van der Waals surface area contributed by atoms with Crippen molar-refractivity contribution in [3.8, 4) is 16.1 Å². The summed E-state index contributed by atoms with van der Waals surface area (Å²) >= 11 is 7.86. The average Bonchev–Trinajstić information content (AvgIpc) is 4.10. The highest BCUT2D eigenvalue weighted by Gasteiger charge is 2.42. The van der Waals surface area contributed by atoms with Gasteiger partial charge in [0.1, 0.15) is 41.6 Å². The fraction of sp³-hybridized carbons (Fsp3) is 0.418. The van der Waals surface area contributed by atoms with Gasteiger partial charge in [-0.15, -0.1) is 21.5 Å². The second-order valence-corrected chi connectivity index (χ2v) is 22.0. The van der Waals surface area contributed by atoms with E-state index in [-0.39, 0.29) is 39.0 Å². The number of nitrogens with zero attached hydrogens (tertiary/aromatic N) is 5. The van der Waals surface area contributed by atoms with Gasteiger partial charge in [0.2, 0.25) is 41.4 Å². The van der Waals surface area contributed by atoms with Crippen molar-refractivity contribution in [2.75, 3.05) is 39.4 Å². The summed E-state index contributed by atoms with van der Waals surface area (Å²) in [6.07, 6.45) is 0.734. The molecule has 21 heteroatoms. The molecular weight excluding hydrogens is 1010 g/mol. The molecule has 0 spiro atoms. The first kappa shape index (κ1) is 55.0. The van der Waals surface area contributed by atoms with E-state index in [0.29, 0.717) is 41.8 Å². The van der Waals surface area contributed by atoms with Crippen molar-refractivity contribution in [3.05, 3.63) is 123 Å². The number of halogens is 1. The van der Waals surface area contributed by atoms with Crippen LogP contribution in [0, 0.1) is 26.2 Å². The zero-order chi connectivity index (χ0) is 54.3. The van der Waals surface area contributed by atoms with Gasteiger partial charge >= 0.3 is 0 Å². The number of aromatic nitrogens is 3. The SMILES string of the molecule is Cc1sc2c(c1C)C(c1ccc(Cl)cc1)=N[C@@H](CC(=O)NC[C@H]1NC(=O)CNC(=O)C[C@@H](Cc3ccc(-c4ccccc4)cc3)NC(=O)[C@@H]3CCCN3C(=O)C(C(C)(C)C)NC(=O)COCCNC1=O)c1nnc(C)n1-2. The molecule has 5 aromatic rings. The number of amides is 7. The number of aliphatic imine (C=N–C) groups is 1. The molecule has 1 unspecified atom stereocenters. The van der Waals surface area contributed by atoms with Crippen LogP contribution in [0.15, 0.2) is 83.9 Å². The third-order valence-electron chi connectivity index (χ3n) is 13.7. The molecule has 19 nitrogen and oxygen atoms in total. The summed E-state index contributed by atoms with van der Waals surface area (Å²) in [6, 6.07) is 20.1. The molecule has 0 saturated carbocycles. The van der Waals surface area contributed by atoms with Crippen LogP contribution < -0.4 is 31.9 Å². The van der Waals surface area contributed by atoms with E-state index in [0.717, 1.165) is 43.3 Å². The van der Waals surface area contributed by atoms with Crippen LogP contribution in [-0.4, -0.2) is 130 Å². The molecule has 5 heterocycles. The lowest BCUT2D eigenvalue weighted by molar-refractivity contribution is -0.144. The van der Waals surface area contributed by atoms with E-state index in [1.165, 1.54) is 4.90 Å². The Hall–Kier alpha value is -7.29. The lowest BCUT2D eigenvalue weighted by Gasteiger charge is -2.35. The predicted molar refractivity (Wildman–Crippen MR) is 288 cm³/mol. The quantitative estimate of drug-likeness (QED) is 0.128. The van der Waals surface area contributed by atoms with Crippen molar-refractivity contribution < 1.29 is 38.3 Å². The third kappa shape index (κ3) is 13.2. The molecule has 3 aliphatic rings. The van der Waals surface area contributed by atoms with Crippen LogP contribution in [0.4, 0.5) is 0 Å². The monoisotopic (exact) mass is 1070 g/mol. The molecule has 76 heavy (non-hydrogen) atoms. The molecule has 0 radical (unpaired) electrons. The number of hydrogen-bond acceptors (Lipinski definition) is 12. The topological polar surface area (TPSA) is 247 Å². The number of nitrogens with one attached hydrogen (secondary N) is 6. The molecule has 0 aliphatic carbocycles. The Kier molecular flexibility index (Phi) is 17.5. The fourth-order valence-electron chi connectivity index (χ4n) is 9.60. The number of benzene rings is 3. The van der Waals surface area contributed by atoms with E-state index in [1.54, 1.807) is 23.5 Å². The maximum Gasteiger partial charge on any atom is 0.246 e. The summed E-state index contributed by atoms with van der Waals surface area (Å²) in [5, 5.41) is 26.9. The molecule has 400 valence electrons. The van der Waals surface area contributed by atoms with Crippen LogP contribution >= 0.6 is 22.9 Å². The van der Waals surface area contributed by atoms with E-state index < -0.39 is 90.1 Å². The first-order valence-electron chi connectivity index (χ1n) is 25.4. The zero-order valence-corrected chi connectivity index (χ0v) is 45.0. The van der Waals surface area contributed by atoms with E-state index >= 15 is 0 Å². The van der Waals surface area contributed by atoms with Crippen molar-refractivity contribution in [2.24, 2.45) is 10.4 Å². The molecule has 3 aromatic carbocycles. The number of fused-ring (bicyclic) bond motifs is 4. The first-order chi connectivity index (χ1) is 36.3. The predicted octanol–water partition coefficient (Wildman–Crippen LogP) is 4.36. The summed E-state index contributed by atoms with van der Waals surface area (Å²) in [7, 11) is 0. The normalized spacial score (nSPS) is 21.4. The molecule has 2 aromatic heterocycles. The molecule has 2 saturated heterocycles. The summed E-state index contributed by atoms with van der Waals surface area (Å²) in [4.78, 5) is 105. The Morgan fingerprint density at radius 3 is 2.26 bits per heavy atom. The van der Waals surface area contributed by atoms with Crippen LogP contribution in [0.2, 0.25) is 5.02 Å². The fourth-order valence-corrected chi connectivity index (χ4v) is 10.9. The van der Waals surface area contributed by atoms with Gasteiger partial charge in [-0.05, 0) is 79.8 Å². The van der Waals surface area contributed by atoms with E-state index in [1.807, 2.05) is 113 Å². The largest absolute Gasteiger partial charge is 0.370 e. The highest BCUT2D eigenvalue weighted by Crippen LogP contribution is 2.40. The minimum absolute atomic E-state index is 0.0893. The highest BCUT2D eigenvalue weighted by atomic mass is 35.5. The van der Waals surface area contributed by atoms with Crippen LogP contribution in [0.5, 0.6) is 0 Å². The van der Waals surface area contributed by atoms with Gasteiger partial charge in [-0.1, -0.05) is 99.1 Å². The number of ether oxygens (including phenoxy) is 1. The van der Waals surface area contributed by atoms with Gasteiger partial charge in [0.25, 0.3) is 0 Å². The molecule has 5 atom stereocenters. The standard InChI is InChI=1S/C55H64ClN11O8S/c1-31-32(2)76-54-47(31)48(37-18-20-38(56)21-19-37)62-40(50-65-64-33(3)67(50)54)27-44(69)58-28-41-51(72)57-22-24-75-30-46(71)63-49(55(4,5)6)53(74)66-23-10-13-42(66)52(73)60-39(26-43(68)59-29-45(70)61-41)25-34-14-16-36(17-15-34)35-11-8-7-9-12-35/h7-9,11-12,14-21,39-42,49H,10,13,22-30H2,1-6H3,(H,57,72)(H,58,69)(H,59,68)(H,60,73)(H,61,70)(H,63,71)/t39-,40+,41-,42+,49?/m1/s1. The Bertz CT molecular complexity index is 3010. The molecule has 2 fully saturated rings. The molecule has 7 amide bonds. The number of aryl methyl sites for hydroxylation is 2. The molecule has 8 rings (SSSR count). The zero-order valence-electron chi connectivity index (χ0n) is 43.5. The molecule has 3 aliphatic heterocycles. The second-order valence-electron chi connectivity index (χ2n) is 20.4. The van der Waals surface area contributed by atoms with Gasteiger partial charge in [0.15, 0.2) is 5.82 Å². The van der Waals surface area contributed by atoms with E-state index in [4.69, 9.17) is 21.3 Å². The third-order valence-corrected chi connectivity index (χ3v) is 15.1. The first-order valence-corrected chi connectivity index (χ1v) is 26.6. The van der Waals surface area contributed by atoms with Crippen LogP contribution in [0.3, 0.4) is 0 Å². The van der Waals surface area contributed by atoms with Crippen molar-refractivity contribution in [2.45, 2.75) is 104 Å². The number of hydrogen-bond donors (Lipinski definition) is 6. The van der Waals surface area contributed by atoms with Crippen LogP contribution in [0.25, 0.3) is 16.1 Å². The highest BCUT2D eigenvalue weighted by molar-refractivity contribution is 7.15. The lowest BCUT2D eigenvalue weighted by Crippen LogP contribution is -2.59. The smallest absolute Gasteiger partial charge is 0.246 e. The van der Waals surface area contributed by atoms with E-state index in [2.05, 4.69) is 42.1 Å². The maximum atomic E-state index is 14.3.